The summed E-state index contributed by atoms with van der Waals surface area (Å²) in [5, 5.41) is 3.22. The maximum absolute atomic E-state index is 12.9. The second kappa shape index (κ2) is 7.60. The number of carbonyl (C=O) groups excluding carboxylic acids is 1. The van der Waals surface area contributed by atoms with Crippen molar-refractivity contribution in [2.24, 2.45) is 5.92 Å². The zero-order chi connectivity index (χ0) is 13.8. The molecule has 20 heavy (non-hydrogen) atoms. The fourth-order valence-electron chi connectivity index (χ4n) is 2.64. The topological polar surface area (TPSA) is 32.3 Å². The molecule has 0 bridgehead atoms. The minimum absolute atomic E-state index is 0. The van der Waals surface area contributed by atoms with E-state index in [4.69, 9.17) is 0 Å². The summed E-state index contributed by atoms with van der Waals surface area (Å²) in [6, 6.07) is 6.38. The molecule has 2 rings (SSSR count). The van der Waals surface area contributed by atoms with E-state index in [2.05, 4.69) is 5.32 Å². The van der Waals surface area contributed by atoms with Gasteiger partial charge in [0.05, 0.1) is 12.0 Å². The summed E-state index contributed by atoms with van der Waals surface area (Å²) in [6.45, 7) is 6.34. The average Bonchev–Trinajstić information content (AvgIpc) is 2.94. The molecule has 0 radical (unpaired) electrons. The van der Waals surface area contributed by atoms with Crippen molar-refractivity contribution in [3.63, 3.8) is 0 Å². The van der Waals surface area contributed by atoms with E-state index in [0.717, 1.165) is 25.1 Å². The molecule has 1 amide bonds. The molecule has 1 heterocycles. The van der Waals surface area contributed by atoms with Crippen molar-refractivity contribution >= 4 is 18.3 Å². The molecule has 1 fully saturated rings. The van der Waals surface area contributed by atoms with Crippen LogP contribution in [-0.2, 0) is 4.79 Å². The first-order chi connectivity index (χ1) is 9.13. The largest absolute Gasteiger partial charge is 0.336 e. The molecular weight excluding hydrogens is 279 g/mol. The van der Waals surface area contributed by atoms with Gasteiger partial charge in [-0.25, -0.2) is 4.39 Å². The zero-order valence-electron chi connectivity index (χ0n) is 11.9. The highest BCUT2D eigenvalue weighted by Gasteiger charge is 2.29. The Bertz CT molecular complexity index is 432. The Morgan fingerprint density at radius 1 is 1.45 bits per heavy atom. The first-order valence-corrected chi connectivity index (χ1v) is 6.90. The lowest BCUT2D eigenvalue weighted by atomic mass is 10.0. The van der Waals surface area contributed by atoms with Crippen LogP contribution >= 0.6 is 12.4 Å². The number of nitrogens with zero attached hydrogens (tertiary/aromatic N) is 1. The molecule has 2 atom stereocenters. The van der Waals surface area contributed by atoms with Gasteiger partial charge >= 0.3 is 0 Å². The molecule has 1 N–H and O–H groups in total. The number of amides is 1. The highest BCUT2D eigenvalue weighted by atomic mass is 35.5. The van der Waals surface area contributed by atoms with Gasteiger partial charge in [-0.3, -0.25) is 4.79 Å². The normalized spacial score (nSPS) is 19.2. The number of rotatable bonds is 4. The van der Waals surface area contributed by atoms with Crippen LogP contribution in [0.2, 0.25) is 0 Å². The highest BCUT2D eigenvalue weighted by molar-refractivity contribution is 5.85. The number of nitrogens with one attached hydrogen (secondary N) is 1. The van der Waals surface area contributed by atoms with E-state index in [1.807, 2.05) is 18.7 Å². The Morgan fingerprint density at radius 2 is 2.10 bits per heavy atom. The van der Waals surface area contributed by atoms with Gasteiger partial charge in [-0.1, -0.05) is 12.1 Å². The van der Waals surface area contributed by atoms with Gasteiger partial charge in [0.1, 0.15) is 5.82 Å². The van der Waals surface area contributed by atoms with Gasteiger partial charge in [-0.05, 0) is 44.5 Å². The number of hydrogen-bond donors (Lipinski definition) is 1. The van der Waals surface area contributed by atoms with E-state index in [0.29, 0.717) is 6.54 Å². The average molecular weight is 301 g/mol. The fourth-order valence-corrected chi connectivity index (χ4v) is 2.64. The van der Waals surface area contributed by atoms with Crippen LogP contribution in [0.15, 0.2) is 24.3 Å². The van der Waals surface area contributed by atoms with Crippen molar-refractivity contribution in [3.8, 4) is 0 Å². The molecule has 5 heteroatoms. The fraction of sp³-hybridized carbons (Fsp3) is 0.533. The van der Waals surface area contributed by atoms with Crippen LogP contribution in [0.3, 0.4) is 0 Å². The first kappa shape index (κ1) is 16.9. The Morgan fingerprint density at radius 3 is 2.60 bits per heavy atom. The molecule has 2 unspecified atom stereocenters. The van der Waals surface area contributed by atoms with E-state index < -0.39 is 0 Å². The quantitative estimate of drug-likeness (QED) is 0.927. The third-order valence-electron chi connectivity index (χ3n) is 3.85. The lowest BCUT2D eigenvalue weighted by molar-refractivity contribution is -0.136. The number of benzene rings is 1. The van der Waals surface area contributed by atoms with Crippen molar-refractivity contribution in [2.75, 3.05) is 19.6 Å². The monoisotopic (exact) mass is 300 g/mol. The minimum Gasteiger partial charge on any atom is -0.336 e. The van der Waals surface area contributed by atoms with E-state index in [9.17, 15) is 9.18 Å². The third-order valence-corrected chi connectivity index (χ3v) is 3.85. The standard InChI is InChI=1S/C15H21FN2O.ClH/c1-3-18(15(19)13-8-9-17-10-13)11(2)12-4-6-14(16)7-5-12;/h4-7,11,13,17H,3,8-10H2,1-2H3;1H. The summed E-state index contributed by atoms with van der Waals surface area (Å²) >= 11 is 0. The maximum Gasteiger partial charge on any atom is 0.227 e. The van der Waals surface area contributed by atoms with Crippen molar-refractivity contribution < 1.29 is 9.18 Å². The Kier molecular flexibility index (Phi) is 6.43. The molecule has 0 aliphatic carbocycles. The predicted octanol–water partition coefficient (Wildman–Crippen LogP) is 2.77. The van der Waals surface area contributed by atoms with Gasteiger partial charge in [0, 0.05) is 13.1 Å². The van der Waals surface area contributed by atoms with E-state index in [-0.39, 0.29) is 36.1 Å². The summed E-state index contributed by atoms with van der Waals surface area (Å²) in [5.41, 5.74) is 0.975. The van der Waals surface area contributed by atoms with Crippen molar-refractivity contribution in [1.29, 1.82) is 0 Å². The summed E-state index contributed by atoms with van der Waals surface area (Å²) in [5.74, 6) is 0.0393. The van der Waals surface area contributed by atoms with Crippen LogP contribution in [0.5, 0.6) is 0 Å². The third kappa shape index (κ3) is 3.70. The molecule has 0 aromatic heterocycles. The molecule has 1 aliphatic rings. The van der Waals surface area contributed by atoms with Crippen LogP contribution < -0.4 is 5.32 Å². The molecule has 1 aliphatic heterocycles. The van der Waals surface area contributed by atoms with Gasteiger partial charge in [-0.2, -0.15) is 0 Å². The first-order valence-electron chi connectivity index (χ1n) is 6.90. The Labute approximate surface area is 125 Å². The van der Waals surface area contributed by atoms with Crippen molar-refractivity contribution in [1.82, 2.24) is 10.2 Å². The smallest absolute Gasteiger partial charge is 0.227 e. The van der Waals surface area contributed by atoms with Crippen LogP contribution in [0.4, 0.5) is 4.39 Å². The SMILES string of the molecule is CCN(C(=O)C1CCNC1)C(C)c1ccc(F)cc1.Cl. The molecular formula is C15H22ClFN2O. The zero-order valence-corrected chi connectivity index (χ0v) is 12.8. The second-order valence-corrected chi connectivity index (χ2v) is 5.04. The van der Waals surface area contributed by atoms with E-state index in [1.54, 1.807) is 12.1 Å². The molecule has 1 aromatic rings. The molecule has 0 saturated carbocycles. The van der Waals surface area contributed by atoms with Crippen molar-refractivity contribution in [2.45, 2.75) is 26.3 Å². The van der Waals surface area contributed by atoms with Gasteiger partial charge < -0.3 is 10.2 Å². The molecule has 1 saturated heterocycles. The van der Waals surface area contributed by atoms with Gasteiger partial charge in [0.2, 0.25) is 5.91 Å². The number of halogens is 2. The summed E-state index contributed by atoms with van der Waals surface area (Å²) < 4.78 is 12.9. The maximum atomic E-state index is 12.9. The predicted molar refractivity (Wildman–Crippen MR) is 80.4 cm³/mol. The van der Waals surface area contributed by atoms with Crippen molar-refractivity contribution in [3.05, 3.63) is 35.6 Å². The van der Waals surface area contributed by atoms with Crippen LogP contribution in [0.1, 0.15) is 31.9 Å². The molecule has 1 aromatic carbocycles. The van der Waals surface area contributed by atoms with Gasteiger partial charge in [0.15, 0.2) is 0 Å². The summed E-state index contributed by atoms with van der Waals surface area (Å²) in [6.07, 6.45) is 0.908. The van der Waals surface area contributed by atoms with E-state index >= 15 is 0 Å². The molecule has 112 valence electrons. The lowest BCUT2D eigenvalue weighted by Gasteiger charge is -2.30. The minimum atomic E-state index is -0.245. The van der Waals surface area contributed by atoms with Crippen LogP contribution in [0, 0.1) is 11.7 Å². The Hall–Kier alpha value is -1.13. The number of carbonyl (C=O) groups is 1. The Balaban J connectivity index is 0.00000200. The summed E-state index contributed by atoms with van der Waals surface area (Å²) in [4.78, 5) is 14.3. The second-order valence-electron chi connectivity index (χ2n) is 5.04. The number of hydrogen-bond acceptors (Lipinski definition) is 2. The highest BCUT2D eigenvalue weighted by Crippen LogP contribution is 2.23. The van der Waals surface area contributed by atoms with E-state index in [1.165, 1.54) is 12.1 Å². The van der Waals surface area contributed by atoms with Crippen LogP contribution in [-0.4, -0.2) is 30.4 Å². The van der Waals surface area contributed by atoms with Gasteiger partial charge in [-0.15, -0.1) is 12.4 Å². The summed E-state index contributed by atoms with van der Waals surface area (Å²) in [7, 11) is 0. The van der Waals surface area contributed by atoms with Gasteiger partial charge in [0.25, 0.3) is 0 Å². The molecule has 3 nitrogen and oxygen atoms in total. The van der Waals surface area contributed by atoms with Crippen LogP contribution in [0.25, 0.3) is 0 Å². The molecule has 0 spiro atoms. The lowest BCUT2D eigenvalue weighted by Crippen LogP contribution is -2.38.